The monoisotopic (exact) mass is 272 g/mol. The second kappa shape index (κ2) is 5.62. The molecule has 0 radical (unpaired) electrons. The van der Waals surface area contributed by atoms with Crippen molar-refractivity contribution in [2.45, 2.75) is 32.2 Å². The number of rotatable bonds is 3. The maximum absolute atomic E-state index is 6.13. The molecule has 3 rings (SSSR count). The van der Waals surface area contributed by atoms with Crippen LogP contribution in [0, 0.1) is 0 Å². The van der Waals surface area contributed by atoms with Crippen LogP contribution in [0.2, 0.25) is 5.02 Å². The topological polar surface area (TPSA) is 24.9 Å². The third kappa shape index (κ3) is 2.74. The van der Waals surface area contributed by atoms with Crippen LogP contribution >= 0.6 is 11.6 Å². The summed E-state index contributed by atoms with van der Waals surface area (Å²) in [6.07, 6.45) is 8.47. The Labute approximate surface area is 118 Å². The number of halogens is 1. The van der Waals surface area contributed by atoms with Gasteiger partial charge in [0.25, 0.3) is 0 Å². The summed E-state index contributed by atoms with van der Waals surface area (Å²) in [4.78, 5) is 4.01. The zero-order valence-electron chi connectivity index (χ0n) is 10.8. The van der Waals surface area contributed by atoms with Crippen molar-refractivity contribution in [2.24, 2.45) is 0 Å². The third-order valence-corrected chi connectivity index (χ3v) is 4.06. The molecule has 0 saturated heterocycles. The number of pyridine rings is 1. The Balaban J connectivity index is 1.79. The maximum Gasteiger partial charge on any atom is 0.0639 e. The van der Waals surface area contributed by atoms with E-state index < -0.39 is 0 Å². The van der Waals surface area contributed by atoms with E-state index in [2.05, 4.69) is 28.5 Å². The molecule has 1 aromatic carbocycles. The summed E-state index contributed by atoms with van der Waals surface area (Å²) in [5.41, 5.74) is 5.33. The summed E-state index contributed by atoms with van der Waals surface area (Å²) >= 11 is 6.13. The lowest BCUT2D eigenvalue weighted by atomic mass is 9.90. The molecule has 0 unspecified atom stereocenters. The van der Waals surface area contributed by atoms with Crippen molar-refractivity contribution < 1.29 is 0 Å². The molecule has 1 heterocycles. The Kier molecular flexibility index (Phi) is 3.69. The number of nitrogens with zero attached hydrogens (tertiary/aromatic N) is 1. The lowest BCUT2D eigenvalue weighted by Crippen LogP contribution is -2.08. The number of aromatic nitrogens is 1. The lowest BCUT2D eigenvalue weighted by molar-refractivity contribution is 0.686. The van der Waals surface area contributed by atoms with Crippen LogP contribution in [-0.2, 0) is 19.4 Å². The van der Waals surface area contributed by atoms with Crippen molar-refractivity contribution in [3.05, 3.63) is 58.4 Å². The molecule has 0 spiro atoms. The Bertz CT molecular complexity index is 581. The van der Waals surface area contributed by atoms with Crippen LogP contribution in [0.3, 0.4) is 0 Å². The summed E-state index contributed by atoms with van der Waals surface area (Å²) < 4.78 is 0. The van der Waals surface area contributed by atoms with Gasteiger partial charge in [-0.2, -0.15) is 0 Å². The predicted molar refractivity (Wildman–Crippen MR) is 79.7 cm³/mol. The first-order valence-corrected chi connectivity index (χ1v) is 7.15. The van der Waals surface area contributed by atoms with Crippen molar-refractivity contribution in [3.8, 4) is 0 Å². The van der Waals surface area contributed by atoms with Crippen molar-refractivity contribution in [3.63, 3.8) is 0 Å². The molecule has 1 aliphatic rings. The van der Waals surface area contributed by atoms with Gasteiger partial charge in [0.1, 0.15) is 0 Å². The minimum absolute atomic E-state index is 0.722. The van der Waals surface area contributed by atoms with Gasteiger partial charge in [-0.15, -0.1) is 0 Å². The quantitative estimate of drug-likeness (QED) is 0.905. The minimum Gasteiger partial charge on any atom is -0.381 e. The highest BCUT2D eigenvalue weighted by Gasteiger charge is 2.12. The number of hydrogen-bond acceptors (Lipinski definition) is 2. The molecule has 0 atom stereocenters. The molecule has 1 N–H and O–H groups in total. The average molecular weight is 273 g/mol. The Morgan fingerprint density at radius 2 is 2.05 bits per heavy atom. The van der Waals surface area contributed by atoms with E-state index in [9.17, 15) is 0 Å². The standard InChI is InChI=1S/C16H17ClN2/c17-15-11-18-9-8-13(15)10-19-16-7-3-5-12-4-1-2-6-14(12)16/h3,5,7-9,11,19H,1-2,4,6,10H2. The van der Waals surface area contributed by atoms with Crippen molar-refractivity contribution in [1.29, 1.82) is 0 Å². The maximum atomic E-state index is 6.13. The van der Waals surface area contributed by atoms with Crippen molar-refractivity contribution >= 4 is 17.3 Å². The van der Waals surface area contributed by atoms with Crippen LogP contribution in [0.4, 0.5) is 5.69 Å². The van der Waals surface area contributed by atoms with Gasteiger partial charge >= 0.3 is 0 Å². The molecular formula is C16H17ClN2. The van der Waals surface area contributed by atoms with E-state index in [0.717, 1.165) is 17.1 Å². The van der Waals surface area contributed by atoms with Crippen LogP contribution < -0.4 is 5.32 Å². The number of fused-ring (bicyclic) bond motifs is 1. The van der Waals surface area contributed by atoms with E-state index in [1.54, 1.807) is 12.4 Å². The number of hydrogen-bond donors (Lipinski definition) is 1. The molecule has 0 aliphatic heterocycles. The number of nitrogens with one attached hydrogen (secondary N) is 1. The van der Waals surface area contributed by atoms with Gasteiger partial charge in [0, 0.05) is 24.6 Å². The van der Waals surface area contributed by atoms with Crippen LogP contribution in [0.1, 0.15) is 29.5 Å². The minimum atomic E-state index is 0.722. The van der Waals surface area contributed by atoms with Gasteiger partial charge in [0.05, 0.1) is 5.02 Å². The highest BCUT2D eigenvalue weighted by atomic mass is 35.5. The smallest absolute Gasteiger partial charge is 0.0639 e. The molecule has 1 aliphatic carbocycles. The first kappa shape index (κ1) is 12.5. The third-order valence-electron chi connectivity index (χ3n) is 3.72. The molecule has 3 heteroatoms. The Morgan fingerprint density at radius 1 is 1.16 bits per heavy atom. The van der Waals surface area contributed by atoms with Gasteiger partial charge in [-0.25, -0.2) is 0 Å². The van der Waals surface area contributed by atoms with E-state index in [-0.39, 0.29) is 0 Å². The van der Waals surface area contributed by atoms with E-state index in [4.69, 9.17) is 11.6 Å². The Morgan fingerprint density at radius 3 is 2.95 bits per heavy atom. The first-order chi connectivity index (χ1) is 9.34. The number of benzene rings is 1. The molecule has 0 saturated carbocycles. The summed E-state index contributed by atoms with van der Waals surface area (Å²) in [7, 11) is 0. The second-order valence-electron chi connectivity index (χ2n) is 4.97. The van der Waals surface area contributed by atoms with Crippen LogP contribution in [-0.4, -0.2) is 4.98 Å². The fourth-order valence-electron chi connectivity index (χ4n) is 2.68. The predicted octanol–water partition coefficient (Wildman–Crippen LogP) is 4.23. The summed E-state index contributed by atoms with van der Waals surface area (Å²) in [6.45, 7) is 0.748. The largest absolute Gasteiger partial charge is 0.381 e. The molecule has 98 valence electrons. The number of aryl methyl sites for hydroxylation is 1. The van der Waals surface area contributed by atoms with Crippen LogP contribution in [0.25, 0.3) is 0 Å². The lowest BCUT2D eigenvalue weighted by Gasteiger charge is -2.20. The Hall–Kier alpha value is -1.54. The van der Waals surface area contributed by atoms with Gasteiger partial charge < -0.3 is 5.32 Å². The molecule has 1 aromatic heterocycles. The SMILES string of the molecule is Clc1cnccc1CNc1cccc2c1CCCC2. The highest BCUT2D eigenvalue weighted by molar-refractivity contribution is 6.31. The molecule has 19 heavy (non-hydrogen) atoms. The van der Waals surface area contributed by atoms with Crippen molar-refractivity contribution in [1.82, 2.24) is 4.98 Å². The molecule has 2 nitrogen and oxygen atoms in total. The van der Waals surface area contributed by atoms with Gasteiger partial charge in [0.2, 0.25) is 0 Å². The molecular weight excluding hydrogens is 256 g/mol. The fraction of sp³-hybridized carbons (Fsp3) is 0.312. The first-order valence-electron chi connectivity index (χ1n) is 6.77. The molecule has 0 bridgehead atoms. The fourth-order valence-corrected chi connectivity index (χ4v) is 2.87. The normalized spacial score (nSPS) is 13.9. The number of anilines is 1. The molecule has 0 fully saturated rings. The van der Waals surface area contributed by atoms with Gasteiger partial charge in [-0.05, 0) is 54.5 Å². The highest BCUT2D eigenvalue weighted by Crippen LogP contribution is 2.28. The van der Waals surface area contributed by atoms with E-state index in [1.807, 2.05) is 6.07 Å². The van der Waals surface area contributed by atoms with Gasteiger partial charge in [0.15, 0.2) is 0 Å². The van der Waals surface area contributed by atoms with E-state index >= 15 is 0 Å². The van der Waals surface area contributed by atoms with Crippen molar-refractivity contribution in [2.75, 3.05) is 5.32 Å². The van der Waals surface area contributed by atoms with E-state index in [1.165, 1.54) is 42.5 Å². The second-order valence-corrected chi connectivity index (χ2v) is 5.38. The summed E-state index contributed by atoms with van der Waals surface area (Å²) in [5, 5.41) is 4.24. The zero-order chi connectivity index (χ0) is 13.1. The van der Waals surface area contributed by atoms with Crippen LogP contribution in [0.15, 0.2) is 36.7 Å². The molecule has 2 aromatic rings. The molecule has 0 amide bonds. The summed E-state index contributed by atoms with van der Waals surface area (Å²) in [6, 6.07) is 8.52. The van der Waals surface area contributed by atoms with E-state index in [0.29, 0.717) is 0 Å². The van der Waals surface area contributed by atoms with Gasteiger partial charge in [-0.1, -0.05) is 23.7 Å². The summed E-state index contributed by atoms with van der Waals surface area (Å²) in [5.74, 6) is 0. The van der Waals surface area contributed by atoms with Gasteiger partial charge in [-0.3, -0.25) is 4.98 Å². The van der Waals surface area contributed by atoms with Crippen LogP contribution in [0.5, 0.6) is 0 Å². The zero-order valence-corrected chi connectivity index (χ0v) is 11.6. The average Bonchev–Trinajstić information content (AvgIpc) is 2.46.